The van der Waals surface area contributed by atoms with Crippen molar-refractivity contribution in [2.75, 3.05) is 0 Å². The summed E-state index contributed by atoms with van der Waals surface area (Å²) in [7, 11) is 0. The molecule has 0 aromatic carbocycles. The highest BCUT2D eigenvalue weighted by atomic mass is 16.1. The van der Waals surface area contributed by atoms with Crippen LogP contribution in [0.3, 0.4) is 0 Å². The van der Waals surface area contributed by atoms with Gasteiger partial charge in [0.15, 0.2) is 0 Å². The van der Waals surface area contributed by atoms with Gasteiger partial charge in [-0.25, -0.2) is 0 Å². The van der Waals surface area contributed by atoms with Gasteiger partial charge < -0.3 is 4.79 Å². The minimum Gasteiger partial charge on any atom is -0.303 e. The number of hydrogen-bond donors (Lipinski definition) is 0. The van der Waals surface area contributed by atoms with Gasteiger partial charge in [0.25, 0.3) is 0 Å². The molecule has 2 unspecified atom stereocenters. The molecule has 2 atom stereocenters. The first kappa shape index (κ1) is 25.7. The molecule has 1 heteroatoms. The number of unbranched alkanes of at least 4 members (excludes halogenated alkanes) is 13. The third-order valence-corrected chi connectivity index (χ3v) is 6.01. The van der Waals surface area contributed by atoms with E-state index in [4.69, 9.17) is 0 Å². The van der Waals surface area contributed by atoms with Gasteiger partial charge in [-0.1, -0.05) is 130 Å². The maximum Gasteiger partial charge on any atom is 0.123 e. The van der Waals surface area contributed by atoms with Gasteiger partial charge in [0.1, 0.15) is 6.29 Å². The monoisotopic (exact) mass is 366 g/mol. The molecule has 0 radical (unpaired) electrons. The quantitative estimate of drug-likeness (QED) is 0.146. The summed E-state index contributed by atoms with van der Waals surface area (Å²) in [4.78, 5) is 11.5. The largest absolute Gasteiger partial charge is 0.303 e. The maximum atomic E-state index is 11.5. The number of rotatable bonds is 21. The minimum absolute atomic E-state index is 0.328. The van der Waals surface area contributed by atoms with Gasteiger partial charge in [0.05, 0.1) is 0 Å². The summed E-state index contributed by atoms with van der Waals surface area (Å²) >= 11 is 0. The number of hydrogen-bond acceptors (Lipinski definition) is 1. The van der Waals surface area contributed by atoms with Gasteiger partial charge in [-0.2, -0.15) is 0 Å². The second kappa shape index (κ2) is 21.0. The summed E-state index contributed by atoms with van der Waals surface area (Å²) in [6.45, 7) is 6.80. The van der Waals surface area contributed by atoms with Crippen molar-refractivity contribution in [1.82, 2.24) is 0 Å². The second-order valence-electron chi connectivity index (χ2n) is 8.52. The van der Waals surface area contributed by atoms with E-state index in [1.54, 1.807) is 0 Å². The van der Waals surface area contributed by atoms with Crippen LogP contribution in [0.5, 0.6) is 0 Å². The fraction of sp³-hybridized carbons (Fsp3) is 0.960. The van der Waals surface area contributed by atoms with Crippen LogP contribution in [0.2, 0.25) is 0 Å². The number of carbonyl (C=O) groups is 1. The summed E-state index contributed by atoms with van der Waals surface area (Å²) < 4.78 is 0. The topological polar surface area (TPSA) is 17.1 Å². The highest BCUT2D eigenvalue weighted by molar-refractivity contribution is 5.53. The molecule has 0 saturated heterocycles. The first-order valence-corrected chi connectivity index (χ1v) is 12.2. The van der Waals surface area contributed by atoms with Crippen LogP contribution in [0.1, 0.15) is 143 Å². The van der Waals surface area contributed by atoms with Crippen LogP contribution in [-0.4, -0.2) is 6.29 Å². The lowest BCUT2D eigenvalue weighted by molar-refractivity contribution is -0.113. The average Bonchev–Trinajstić information content (AvgIpc) is 2.65. The minimum atomic E-state index is 0.328. The van der Waals surface area contributed by atoms with Crippen molar-refractivity contribution in [2.24, 2.45) is 11.8 Å². The SMILES string of the molecule is CCCCCCCCCCCCCCC(CCC)C(C=O)CCCCC. The lowest BCUT2D eigenvalue weighted by Gasteiger charge is -2.22. The molecular formula is C25H50O. The van der Waals surface area contributed by atoms with Gasteiger partial charge in [-0.05, 0) is 18.8 Å². The second-order valence-corrected chi connectivity index (χ2v) is 8.52. The Hall–Kier alpha value is -0.330. The van der Waals surface area contributed by atoms with Gasteiger partial charge in [0.2, 0.25) is 0 Å². The van der Waals surface area contributed by atoms with Crippen molar-refractivity contribution >= 4 is 6.29 Å². The smallest absolute Gasteiger partial charge is 0.123 e. The molecular weight excluding hydrogens is 316 g/mol. The molecule has 0 saturated carbocycles. The Morgan fingerprint density at radius 2 is 0.923 bits per heavy atom. The Balaban J connectivity index is 3.65. The van der Waals surface area contributed by atoms with Gasteiger partial charge in [-0.3, -0.25) is 0 Å². The van der Waals surface area contributed by atoms with Crippen molar-refractivity contribution in [3.8, 4) is 0 Å². The van der Waals surface area contributed by atoms with Gasteiger partial charge in [-0.15, -0.1) is 0 Å². The maximum absolute atomic E-state index is 11.5. The first-order valence-electron chi connectivity index (χ1n) is 12.2. The molecule has 0 heterocycles. The predicted octanol–water partition coefficient (Wildman–Crippen LogP) is 8.89. The molecule has 0 aromatic heterocycles. The lowest BCUT2D eigenvalue weighted by Crippen LogP contribution is -2.16. The number of aldehydes is 1. The van der Waals surface area contributed by atoms with Crippen LogP contribution in [-0.2, 0) is 4.79 Å². The zero-order valence-electron chi connectivity index (χ0n) is 18.6. The van der Waals surface area contributed by atoms with Crippen molar-refractivity contribution in [3.63, 3.8) is 0 Å². The molecule has 0 aliphatic carbocycles. The highest BCUT2D eigenvalue weighted by Gasteiger charge is 2.19. The van der Waals surface area contributed by atoms with Gasteiger partial charge >= 0.3 is 0 Å². The molecule has 0 aliphatic heterocycles. The molecule has 156 valence electrons. The summed E-state index contributed by atoms with van der Waals surface area (Å²) in [6, 6.07) is 0. The van der Waals surface area contributed by atoms with Crippen LogP contribution >= 0.6 is 0 Å². The first-order chi connectivity index (χ1) is 12.8. The summed E-state index contributed by atoms with van der Waals surface area (Å²) in [5.41, 5.74) is 0. The summed E-state index contributed by atoms with van der Waals surface area (Å²) in [6.07, 6.45) is 26.9. The zero-order valence-corrected chi connectivity index (χ0v) is 18.6. The van der Waals surface area contributed by atoms with E-state index >= 15 is 0 Å². The molecule has 0 fully saturated rings. The van der Waals surface area contributed by atoms with Crippen molar-refractivity contribution < 1.29 is 4.79 Å². The van der Waals surface area contributed by atoms with Crippen LogP contribution in [0.15, 0.2) is 0 Å². The van der Waals surface area contributed by atoms with Crippen LogP contribution in [0.25, 0.3) is 0 Å². The molecule has 0 aliphatic rings. The van der Waals surface area contributed by atoms with Crippen LogP contribution in [0, 0.1) is 11.8 Å². The number of carbonyl (C=O) groups excluding carboxylic acids is 1. The van der Waals surface area contributed by atoms with E-state index < -0.39 is 0 Å². The van der Waals surface area contributed by atoms with Crippen LogP contribution < -0.4 is 0 Å². The Kier molecular flexibility index (Phi) is 20.7. The standard InChI is InChI=1S/C25H50O/c1-4-7-9-10-11-12-13-14-15-16-17-19-21-24(20-6-3)25(23-26)22-18-8-5-2/h23-25H,4-22H2,1-3H3. The molecule has 0 rings (SSSR count). The van der Waals surface area contributed by atoms with E-state index in [2.05, 4.69) is 20.8 Å². The molecule has 0 aromatic rings. The van der Waals surface area contributed by atoms with E-state index in [9.17, 15) is 4.79 Å². The molecule has 0 amide bonds. The normalized spacial score (nSPS) is 13.7. The van der Waals surface area contributed by atoms with E-state index in [1.165, 1.54) is 122 Å². The fourth-order valence-corrected chi connectivity index (χ4v) is 4.24. The molecule has 0 N–H and O–H groups in total. The van der Waals surface area contributed by atoms with E-state index in [-0.39, 0.29) is 0 Å². The highest BCUT2D eigenvalue weighted by Crippen LogP contribution is 2.27. The molecule has 0 spiro atoms. The van der Waals surface area contributed by atoms with Crippen molar-refractivity contribution in [1.29, 1.82) is 0 Å². The fourth-order valence-electron chi connectivity index (χ4n) is 4.24. The van der Waals surface area contributed by atoms with Crippen molar-refractivity contribution in [2.45, 2.75) is 143 Å². The molecule has 1 nitrogen and oxygen atoms in total. The third-order valence-electron chi connectivity index (χ3n) is 6.01. The Bertz CT molecular complexity index is 273. The van der Waals surface area contributed by atoms with Crippen LogP contribution in [0.4, 0.5) is 0 Å². The summed E-state index contributed by atoms with van der Waals surface area (Å²) in [5.74, 6) is 0.978. The lowest BCUT2D eigenvalue weighted by atomic mass is 9.82. The Labute approximate surface area is 166 Å². The Morgan fingerprint density at radius 1 is 0.500 bits per heavy atom. The zero-order chi connectivity index (χ0) is 19.3. The summed E-state index contributed by atoms with van der Waals surface area (Å²) in [5, 5.41) is 0. The van der Waals surface area contributed by atoms with Crippen molar-refractivity contribution in [3.05, 3.63) is 0 Å². The third kappa shape index (κ3) is 15.9. The Morgan fingerprint density at radius 3 is 1.38 bits per heavy atom. The molecule has 26 heavy (non-hydrogen) atoms. The predicted molar refractivity (Wildman–Crippen MR) is 118 cm³/mol. The average molecular weight is 367 g/mol. The van der Waals surface area contributed by atoms with E-state index in [0.717, 1.165) is 6.42 Å². The van der Waals surface area contributed by atoms with E-state index in [0.29, 0.717) is 11.8 Å². The van der Waals surface area contributed by atoms with Gasteiger partial charge in [0, 0.05) is 5.92 Å². The molecule has 0 bridgehead atoms. The van der Waals surface area contributed by atoms with E-state index in [1.807, 2.05) is 0 Å².